The Hall–Kier alpha value is -2.24. The van der Waals surface area contributed by atoms with Crippen LogP contribution in [0.4, 0.5) is 0 Å². The lowest BCUT2D eigenvalue weighted by Gasteiger charge is -2.42. The molecule has 1 aromatic carbocycles. The van der Waals surface area contributed by atoms with Crippen LogP contribution in [0, 0.1) is 13.8 Å². The number of benzene rings is 1. The van der Waals surface area contributed by atoms with Crippen molar-refractivity contribution in [1.29, 1.82) is 0 Å². The Morgan fingerprint density at radius 3 is 2.42 bits per heavy atom. The van der Waals surface area contributed by atoms with Gasteiger partial charge >= 0.3 is 0 Å². The summed E-state index contributed by atoms with van der Waals surface area (Å²) in [6.45, 7) is 19.0. The van der Waals surface area contributed by atoms with Crippen LogP contribution >= 0.6 is 0 Å². The van der Waals surface area contributed by atoms with E-state index in [1.165, 1.54) is 49.3 Å². The van der Waals surface area contributed by atoms with Gasteiger partial charge in [0, 0.05) is 43.8 Å². The van der Waals surface area contributed by atoms with Crippen LogP contribution in [0.15, 0.2) is 30.3 Å². The van der Waals surface area contributed by atoms with Gasteiger partial charge in [-0.15, -0.1) is 0 Å². The third-order valence-corrected chi connectivity index (χ3v) is 7.29. The Balaban J connectivity index is 1.34. The largest absolute Gasteiger partial charge is 0.308 e. The Kier molecular flexibility index (Phi) is 7.50. The van der Waals surface area contributed by atoms with Crippen molar-refractivity contribution in [2.45, 2.75) is 79.4 Å². The van der Waals surface area contributed by atoms with Crippen molar-refractivity contribution in [3.05, 3.63) is 58.5 Å². The number of pyridine rings is 1. The van der Waals surface area contributed by atoms with E-state index in [1.54, 1.807) is 0 Å². The fraction of sp³-hybridized carbons (Fsp3) is 0.571. The van der Waals surface area contributed by atoms with Crippen molar-refractivity contribution < 1.29 is 0 Å². The predicted molar refractivity (Wildman–Crippen MR) is 138 cm³/mol. The molecule has 33 heavy (non-hydrogen) atoms. The topological polar surface area (TPSA) is 37.2 Å². The first-order valence-corrected chi connectivity index (χ1v) is 12.7. The van der Waals surface area contributed by atoms with E-state index in [1.807, 2.05) is 0 Å². The Morgan fingerprint density at radius 2 is 1.76 bits per heavy atom. The summed E-state index contributed by atoms with van der Waals surface area (Å²) in [6, 6.07) is 12.7. The monoisotopic (exact) mass is 447 g/mol. The number of imidazole rings is 1. The third kappa shape index (κ3) is 5.47. The van der Waals surface area contributed by atoms with Crippen LogP contribution in [0.3, 0.4) is 0 Å². The van der Waals surface area contributed by atoms with E-state index < -0.39 is 0 Å². The maximum atomic E-state index is 4.85. The van der Waals surface area contributed by atoms with Crippen molar-refractivity contribution in [2.75, 3.05) is 26.2 Å². The molecule has 0 saturated carbocycles. The highest BCUT2D eigenvalue weighted by Crippen LogP contribution is 2.20. The van der Waals surface area contributed by atoms with Crippen LogP contribution in [-0.4, -0.2) is 62.6 Å². The highest BCUT2D eigenvalue weighted by Gasteiger charge is 2.24. The number of hydrogen-bond acceptors (Lipinski definition) is 4. The maximum Gasteiger partial charge on any atom is 0.160 e. The first-order valence-electron chi connectivity index (χ1n) is 12.7. The van der Waals surface area contributed by atoms with Gasteiger partial charge in [-0.25, -0.2) is 9.97 Å². The number of hydrogen-bond donors (Lipinski definition) is 0. The lowest BCUT2D eigenvalue weighted by atomic mass is 10.1. The number of nitrogens with zero attached hydrogens (tertiary/aromatic N) is 5. The van der Waals surface area contributed by atoms with Crippen LogP contribution in [0.5, 0.6) is 0 Å². The zero-order valence-corrected chi connectivity index (χ0v) is 21.4. The summed E-state index contributed by atoms with van der Waals surface area (Å²) in [7, 11) is 0. The Morgan fingerprint density at radius 1 is 1.03 bits per heavy atom. The Labute approximate surface area is 199 Å². The van der Waals surface area contributed by atoms with E-state index in [2.05, 4.69) is 86.2 Å². The molecule has 3 heterocycles. The van der Waals surface area contributed by atoms with Crippen LogP contribution in [0.2, 0.25) is 0 Å². The molecule has 1 aliphatic heterocycles. The lowest BCUT2D eigenvalue weighted by Crippen LogP contribution is -2.54. The Bertz CT molecular complexity index is 1070. The van der Waals surface area contributed by atoms with Gasteiger partial charge in [0.15, 0.2) is 5.65 Å². The van der Waals surface area contributed by atoms with Gasteiger partial charge in [0.2, 0.25) is 0 Å². The number of aryl methyl sites for hydroxylation is 4. The van der Waals surface area contributed by atoms with E-state index in [0.717, 1.165) is 42.1 Å². The quantitative estimate of drug-likeness (QED) is 0.487. The molecule has 1 fully saturated rings. The molecule has 0 radical (unpaired) electrons. The van der Waals surface area contributed by atoms with Crippen LogP contribution in [0.1, 0.15) is 62.3 Å². The van der Waals surface area contributed by atoms with Gasteiger partial charge in [0.1, 0.15) is 11.3 Å². The van der Waals surface area contributed by atoms with Gasteiger partial charge in [-0.3, -0.25) is 4.90 Å². The molecule has 0 bridgehead atoms. The van der Waals surface area contributed by atoms with Crippen molar-refractivity contribution in [3.8, 4) is 0 Å². The molecule has 178 valence electrons. The van der Waals surface area contributed by atoms with Crippen molar-refractivity contribution in [2.24, 2.45) is 0 Å². The number of piperazine rings is 1. The minimum atomic E-state index is 0.651. The molecule has 4 rings (SSSR count). The van der Waals surface area contributed by atoms with Crippen LogP contribution < -0.4 is 0 Å². The smallest absolute Gasteiger partial charge is 0.160 e. The van der Waals surface area contributed by atoms with E-state index in [0.29, 0.717) is 12.1 Å². The molecule has 1 saturated heterocycles. The van der Waals surface area contributed by atoms with Crippen molar-refractivity contribution >= 4 is 11.2 Å². The molecule has 5 heteroatoms. The molecule has 1 aliphatic rings. The summed E-state index contributed by atoms with van der Waals surface area (Å²) in [5.41, 5.74) is 7.05. The number of rotatable bonds is 8. The minimum absolute atomic E-state index is 0.651. The average Bonchev–Trinajstić information content (AvgIpc) is 3.11. The van der Waals surface area contributed by atoms with Gasteiger partial charge < -0.3 is 9.47 Å². The zero-order valence-electron chi connectivity index (χ0n) is 21.4. The molecule has 1 unspecified atom stereocenters. The van der Waals surface area contributed by atoms with Gasteiger partial charge in [-0.05, 0) is 76.8 Å². The molecule has 0 N–H and O–H groups in total. The summed E-state index contributed by atoms with van der Waals surface area (Å²) < 4.78 is 2.29. The molecule has 1 atom stereocenters. The fourth-order valence-electron chi connectivity index (χ4n) is 5.24. The average molecular weight is 448 g/mol. The van der Waals surface area contributed by atoms with Crippen molar-refractivity contribution in [3.63, 3.8) is 0 Å². The maximum absolute atomic E-state index is 4.85. The van der Waals surface area contributed by atoms with Gasteiger partial charge in [-0.1, -0.05) is 31.2 Å². The fourth-order valence-corrected chi connectivity index (χ4v) is 5.24. The van der Waals surface area contributed by atoms with Gasteiger partial charge in [0.25, 0.3) is 0 Å². The van der Waals surface area contributed by atoms with E-state index in [4.69, 9.17) is 9.97 Å². The van der Waals surface area contributed by atoms with E-state index in [9.17, 15) is 0 Å². The van der Waals surface area contributed by atoms with Gasteiger partial charge in [0.05, 0.1) is 6.54 Å². The zero-order chi connectivity index (χ0) is 23.5. The summed E-state index contributed by atoms with van der Waals surface area (Å²) in [5, 5.41) is 0. The van der Waals surface area contributed by atoms with E-state index >= 15 is 0 Å². The summed E-state index contributed by atoms with van der Waals surface area (Å²) in [4.78, 5) is 15.0. The molecule has 0 amide bonds. The first-order chi connectivity index (χ1) is 15.9. The molecule has 0 aliphatic carbocycles. The third-order valence-electron chi connectivity index (χ3n) is 7.29. The second kappa shape index (κ2) is 10.4. The van der Waals surface area contributed by atoms with Crippen LogP contribution in [-0.2, 0) is 19.4 Å². The predicted octanol–water partition coefficient (Wildman–Crippen LogP) is 5.01. The summed E-state index contributed by atoms with van der Waals surface area (Å²) in [5.74, 6) is 1.11. The minimum Gasteiger partial charge on any atom is -0.308 e. The second-order valence-electron chi connectivity index (χ2n) is 10.1. The highest BCUT2D eigenvalue weighted by molar-refractivity contribution is 5.73. The molecule has 5 nitrogen and oxygen atoms in total. The van der Waals surface area contributed by atoms with E-state index in [-0.39, 0.29) is 0 Å². The molecule has 3 aromatic rings. The lowest BCUT2D eigenvalue weighted by molar-refractivity contribution is 0.0599. The molecular formula is C28H41N5. The van der Waals surface area contributed by atoms with Crippen LogP contribution in [0.25, 0.3) is 11.2 Å². The number of aromatic nitrogens is 3. The first kappa shape index (κ1) is 23.9. The second-order valence-corrected chi connectivity index (χ2v) is 10.1. The highest BCUT2D eigenvalue weighted by atomic mass is 15.3. The summed E-state index contributed by atoms with van der Waals surface area (Å²) in [6.07, 6.45) is 3.28. The summed E-state index contributed by atoms with van der Waals surface area (Å²) >= 11 is 0. The standard InChI is InChI=1S/C28H41N5/c1-7-27-30-26-17-21(4)23(6)29-28(26)33(27)19-25-12-10-24(11-13-25)9-8-14-31-15-16-32(20(2)3)22(5)18-31/h10-13,17,20,22H,7-9,14-16,18-19H2,1-6H3. The van der Waals surface area contributed by atoms with Gasteiger partial charge in [-0.2, -0.15) is 0 Å². The molecule has 2 aromatic heterocycles. The number of fused-ring (bicyclic) bond motifs is 1. The molecule has 0 spiro atoms. The van der Waals surface area contributed by atoms with Crippen molar-refractivity contribution in [1.82, 2.24) is 24.3 Å². The normalized spacial score (nSPS) is 18.0. The molecular weight excluding hydrogens is 406 g/mol. The SMILES string of the molecule is CCc1nc2cc(C)c(C)nc2n1Cc1ccc(CCCN2CCN(C(C)C)C(C)C2)cc1.